The van der Waals surface area contributed by atoms with E-state index in [1.165, 1.54) is 18.2 Å². The molecule has 0 unspecified atom stereocenters. The maximum absolute atomic E-state index is 16.3. The van der Waals surface area contributed by atoms with Crippen molar-refractivity contribution < 1.29 is 13.9 Å². The van der Waals surface area contributed by atoms with Crippen LogP contribution in [-0.2, 0) is 5.60 Å². The van der Waals surface area contributed by atoms with Crippen molar-refractivity contribution in [2.75, 3.05) is 0 Å². The molecule has 0 heterocycles. The summed E-state index contributed by atoms with van der Waals surface area (Å²) in [6.07, 6.45) is 0. The first-order valence-electron chi connectivity index (χ1n) is 15.8. The first-order chi connectivity index (χ1) is 21.8. The Morgan fingerprint density at radius 3 is 0.957 bits per heavy atom. The topological polar surface area (TPSA) is 20.2 Å². The molecule has 5 aromatic carbocycles. The van der Waals surface area contributed by atoms with E-state index in [1.807, 2.05) is 52.0 Å². The van der Waals surface area contributed by atoms with Crippen molar-refractivity contribution >= 4 is 22.3 Å². The van der Waals surface area contributed by atoms with Crippen molar-refractivity contribution in [1.82, 2.24) is 0 Å². The number of allylic oxidation sites excluding steroid dienone is 2. The third kappa shape index (κ3) is 5.43. The van der Waals surface area contributed by atoms with Crippen LogP contribution in [0.3, 0.4) is 0 Å². The quantitative estimate of drug-likeness (QED) is 0.210. The monoisotopic (exact) mass is 610 g/mol. The molecule has 0 fully saturated rings. The van der Waals surface area contributed by atoms with Crippen LogP contribution in [0.5, 0.6) is 0 Å². The summed E-state index contributed by atoms with van der Waals surface area (Å²) in [6, 6.07) is 28.7. The average Bonchev–Trinajstić information content (AvgIpc) is 3.20. The second-order valence-corrected chi connectivity index (χ2v) is 13.3. The van der Waals surface area contributed by atoms with E-state index in [2.05, 4.69) is 76.2 Å². The normalized spacial score (nSPS) is 14.4. The number of aliphatic hydroxyl groups is 1. The molecule has 0 saturated carbocycles. The summed E-state index contributed by atoms with van der Waals surface area (Å²) < 4.78 is 32.6. The van der Waals surface area contributed by atoms with Crippen molar-refractivity contribution in [2.45, 2.75) is 61.0 Å². The molecule has 0 aromatic heterocycles. The van der Waals surface area contributed by atoms with Crippen LogP contribution in [0, 0.1) is 67.0 Å². The minimum atomic E-state index is -2.18. The lowest BCUT2D eigenvalue weighted by molar-refractivity contribution is 0.157. The summed E-state index contributed by atoms with van der Waals surface area (Å²) in [4.78, 5) is 0. The van der Waals surface area contributed by atoms with Crippen molar-refractivity contribution in [1.29, 1.82) is 0 Å². The molecule has 1 nitrogen and oxygen atoms in total. The number of aryl methyl sites for hydroxylation is 8. The van der Waals surface area contributed by atoms with Gasteiger partial charge in [-0.3, -0.25) is 0 Å². The molecule has 6 rings (SSSR count). The highest BCUT2D eigenvalue weighted by Crippen LogP contribution is 2.62. The predicted octanol–water partition coefficient (Wildman–Crippen LogP) is 10.9. The number of rotatable bonds is 5. The Bertz CT molecular complexity index is 1890. The lowest BCUT2D eigenvalue weighted by Gasteiger charge is -2.33. The zero-order valence-electron chi connectivity index (χ0n) is 27.9. The van der Waals surface area contributed by atoms with Gasteiger partial charge in [0, 0.05) is 11.1 Å². The van der Waals surface area contributed by atoms with Crippen LogP contribution >= 0.6 is 0 Å². The number of halogens is 2. The summed E-state index contributed by atoms with van der Waals surface area (Å²) in [5.74, 6) is -1.60. The molecule has 0 amide bonds. The molecule has 0 saturated heterocycles. The van der Waals surface area contributed by atoms with Gasteiger partial charge >= 0.3 is 0 Å². The lowest BCUT2D eigenvalue weighted by Crippen LogP contribution is -2.30. The molecule has 0 atom stereocenters. The fraction of sp³-hybridized carbons (Fsp3) is 0.209. The van der Waals surface area contributed by atoms with E-state index < -0.39 is 17.2 Å². The van der Waals surface area contributed by atoms with Gasteiger partial charge in [-0.2, -0.15) is 0 Å². The van der Waals surface area contributed by atoms with Crippen LogP contribution in [0.2, 0.25) is 0 Å². The SMILES string of the molecule is Cc1cc(C)cc(C2=C(c3cc(C)cc(C)c3)C(O)(c3c(F)cccc3F)C(c3cc(C)cc(C)c3)=C2c2cc(C)cc(C)c2)c1. The van der Waals surface area contributed by atoms with Gasteiger partial charge in [0.25, 0.3) is 0 Å². The Morgan fingerprint density at radius 1 is 0.413 bits per heavy atom. The first kappa shape index (κ1) is 31.4. The summed E-state index contributed by atoms with van der Waals surface area (Å²) >= 11 is 0. The van der Waals surface area contributed by atoms with E-state index in [1.54, 1.807) is 0 Å². The highest BCUT2D eigenvalue weighted by atomic mass is 19.1. The predicted molar refractivity (Wildman–Crippen MR) is 188 cm³/mol. The van der Waals surface area contributed by atoms with Crippen molar-refractivity contribution in [3.05, 3.63) is 175 Å². The van der Waals surface area contributed by atoms with E-state index in [4.69, 9.17) is 0 Å². The van der Waals surface area contributed by atoms with Gasteiger partial charge in [0.2, 0.25) is 0 Å². The summed E-state index contributed by atoms with van der Waals surface area (Å²) in [7, 11) is 0. The maximum Gasteiger partial charge on any atom is 0.148 e. The first-order valence-corrected chi connectivity index (χ1v) is 15.8. The molecule has 46 heavy (non-hydrogen) atoms. The highest BCUT2D eigenvalue weighted by Gasteiger charge is 2.51. The molecule has 1 aliphatic rings. The Balaban J connectivity index is 1.95. The zero-order chi connectivity index (χ0) is 33.1. The van der Waals surface area contributed by atoms with Crippen molar-refractivity contribution in [3.8, 4) is 0 Å². The Kier molecular flexibility index (Phi) is 7.94. The smallest absolute Gasteiger partial charge is 0.148 e. The molecular formula is C43H40F2O. The van der Waals surface area contributed by atoms with E-state index in [-0.39, 0.29) is 5.56 Å². The molecule has 0 aliphatic heterocycles. The third-order valence-electron chi connectivity index (χ3n) is 8.84. The number of benzene rings is 5. The van der Waals surface area contributed by atoms with E-state index in [9.17, 15) is 5.11 Å². The second-order valence-electron chi connectivity index (χ2n) is 13.3. The van der Waals surface area contributed by atoms with Gasteiger partial charge in [-0.15, -0.1) is 0 Å². The molecule has 5 aromatic rings. The summed E-state index contributed by atoms with van der Waals surface area (Å²) in [6.45, 7) is 16.2. The van der Waals surface area contributed by atoms with Crippen LogP contribution in [-0.4, -0.2) is 5.11 Å². The van der Waals surface area contributed by atoms with Gasteiger partial charge in [0.05, 0.1) is 5.56 Å². The minimum absolute atomic E-state index is 0.375. The molecule has 232 valence electrons. The average molecular weight is 611 g/mol. The number of hydrogen-bond acceptors (Lipinski definition) is 1. The van der Waals surface area contributed by atoms with E-state index in [0.717, 1.165) is 77.9 Å². The molecule has 1 aliphatic carbocycles. The van der Waals surface area contributed by atoms with Crippen LogP contribution in [0.25, 0.3) is 22.3 Å². The van der Waals surface area contributed by atoms with Crippen molar-refractivity contribution in [2.24, 2.45) is 0 Å². The standard InChI is InChI=1S/C43H40F2O/c1-24-12-25(2)17-32(16-24)38-39(33-18-26(3)13-27(4)19-33)41(35-22-30(7)15-31(8)23-35)43(46,42-36(44)10-9-11-37(42)45)40(38)34-20-28(5)14-29(6)21-34/h9-23,46H,1-8H3. The molecule has 3 heteroatoms. The van der Waals surface area contributed by atoms with Gasteiger partial charge in [-0.1, -0.05) is 123 Å². The molecule has 0 radical (unpaired) electrons. The van der Waals surface area contributed by atoms with E-state index >= 15 is 8.78 Å². The fourth-order valence-electron chi connectivity index (χ4n) is 7.59. The Morgan fingerprint density at radius 2 is 0.674 bits per heavy atom. The maximum atomic E-state index is 16.3. The van der Waals surface area contributed by atoms with E-state index in [0.29, 0.717) is 11.1 Å². The molecule has 1 N–H and O–H groups in total. The molecular weight excluding hydrogens is 570 g/mol. The third-order valence-corrected chi connectivity index (χ3v) is 8.84. The van der Waals surface area contributed by atoms with Gasteiger partial charge in [0.1, 0.15) is 17.2 Å². The zero-order valence-corrected chi connectivity index (χ0v) is 27.9. The van der Waals surface area contributed by atoms with Crippen molar-refractivity contribution in [3.63, 3.8) is 0 Å². The largest absolute Gasteiger partial charge is 0.376 e. The van der Waals surface area contributed by atoms with Crippen LogP contribution in [0.4, 0.5) is 8.78 Å². The van der Waals surface area contributed by atoms with Gasteiger partial charge in [-0.05, 0) is 101 Å². The summed E-state index contributed by atoms with van der Waals surface area (Å²) in [5.41, 5.74) is 11.3. The minimum Gasteiger partial charge on any atom is -0.376 e. The highest BCUT2D eigenvalue weighted by molar-refractivity contribution is 6.31. The molecule has 0 bridgehead atoms. The fourth-order valence-corrected chi connectivity index (χ4v) is 7.59. The number of hydrogen-bond donors (Lipinski definition) is 1. The molecule has 0 spiro atoms. The van der Waals surface area contributed by atoms with Crippen LogP contribution in [0.15, 0.2) is 91.0 Å². The second kappa shape index (κ2) is 11.6. The Labute approximate surface area is 271 Å². The van der Waals surface area contributed by atoms with Gasteiger partial charge in [0.15, 0.2) is 0 Å². The Hall–Kier alpha value is -4.60. The van der Waals surface area contributed by atoms with Crippen LogP contribution in [0.1, 0.15) is 72.3 Å². The van der Waals surface area contributed by atoms with Crippen LogP contribution < -0.4 is 0 Å². The lowest BCUT2D eigenvalue weighted by atomic mass is 9.75. The van der Waals surface area contributed by atoms with Gasteiger partial charge in [-0.25, -0.2) is 8.78 Å². The van der Waals surface area contributed by atoms with Gasteiger partial charge < -0.3 is 5.11 Å². The summed E-state index contributed by atoms with van der Waals surface area (Å²) in [5, 5.41) is 13.7.